The van der Waals surface area contributed by atoms with Crippen molar-refractivity contribution in [2.75, 3.05) is 13.6 Å². The predicted molar refractivity (Wildman–Crippen MR) is 90.6 cm³/mol. The van der Waals surface area contributed by atoms with Crippen LogP contribution in [-0.2, 0) is 16.6 Å². The SMILES string of the molecule is CN1CC[C@]23CC(=O)CC[C@H]2[C@H]1Cc1ccccc13.I. The minimum Gasteiger partial charge on any atom is -0.303 e. The number of likely N-dealkylation sites (N-methyl/N-ethyl adjacent to an activating group) is 1. The fourth-order valence-electron chi connectivity index (χ4n) is 4.98. The summed E-state index contributed by atoms with van der Waals surface area (Å²) in [4.78, 5) is 14.6. The number of hydrogen-bond donors (Lipinski definition) is 0. The first-order valence-electron chi connectivity index (χ1n) is 7.51. The fraction of sp³-hybridized carbons (Fsp3) is 0.588. The number of carbonyl (C=O) groups is 1. The van der Waals surface area contributed by atoms with Crippen molar-refractivity contribution in [2.24, 2.45) is 5.92 Å². The molecule has 3 heteroatoms. The second-order valence-electron chi connectivity index (χ2n) is 6.68. The Bertz CT molecular complexity index is 544. The van der Waals surface area contributed by atoms with Gasteiger partial charge in [-0.3, -0.25) is 4.79 Å². The topological polar surface area (TPSA) is 20.3 Å². The third-order valence-electron chi connectivity index (χ3n) is 5.88. The van der Waals surface area contributed by atoms with Crippen LogP contribution in [0.25, 0.3) is 0 Å². The van der Waals surface area contributed by atoms with Crippen molar-refractivity contribution in [3.05, 3.63) is 35.4 Å². The highest BCUT2D eigenvalue weighted by Crippen LogP contribution is 2.54. The van der Waals surface area contributed by atoms with Crippen LogP contribution in [-0.4, -0.2) is 30.3 Å². The third kappa shape index (κ3) is 1.89. The smallest absolute Gasteiger partial charge is 0.133 e. The molecule has 1 aromatic carbocycles. The Morgan fingerprint density at radius 1 is 1.30 bits per heavy atom. The first-order chi connectivity index (χ1) is 9.21. The Morgan fingerprint density at radius 3 is 2.95 bits per heavy atom. The molecule has 0 spiro atoms. The number of carbonyl (C=O) groups excluding carboxylic acids is 1. The molecule has 0 aromatic heterocycles. The molecule has 3 aliphatic rings. The monoisotopic (exact) mass is 383 g/mol. The number of ketones is 1. The van der Waals surface area contributed by atoms with Gasteiger partial charge >= 0.3 is 0 Å². The molecule has 4 rings (SSSR count). The normalized spacial score (nSPS) is 35.8. The first kappa shape index (κ1) is 14.5. The summed E-state index contributed by atoms with van der Waals surface area (Å²) in [6, 6.07) is 9.52. The summed E-state index contributed by atoms with van der Waals surface area (Å²) >= 11 is 0. The lowest BCUT2D eigenvalue weighted by Gasteiger charge is -2.58. The zero-order valence-electron chi connectivity index (χ0n) is 12.0. The van der Waals surface area contributed by atoms with Gasteiger partial charge in [-0.15, -0.1) is 24.0 Å². The number of fused-ring (bicyclic) bond motifs is 1. The molecule has 2 bridgehead atoms. The van der Waals surface area contributed by atoms with E-state index in [4.69, 9.17) is 0 Å². The van der Waals surface area contributed by atoms with Crippen molar-refractivity contribution in [3.8, 4) is 0 Å². The standard InChI is InChI=1S/C17H21NO.HI/c1-18-9-8-17-11-13(19)6-7-15(17)16(18)10-12-4-2-3-5-14(12)17;/h2-5,15-16H,6-11H2,1H3;1H/t15-,16+,17+;/m0./s1. The van der Waals surface area contributed by atoms with E-state index < -0.39 is 0 Å². The van der Waals surface area contributed by atoms with Gasteiger partial charge in [0.05, 0.1) is 0 Å². The molecule has 2 aliphatic carbocycles. The summed E-state index contributed by atoms with van der Waals surface area (Å²) in [5.74, 6) is 1.18. The molecule has 2 nitrogen and oxygen atoms in total. The van der Waals surface area contributed by atoms with Gasteiger partial charge in [-0.05, 0) is 49.9 Å². The van der Waals surface area contributed by atoms with Gasteiger partial charge in [0, 0.05) is 24.3 Å². The zero-order valence-corrected chi connectivity index (χ0v) is 14.3. The molecule has 1 aromatic rings. The molecule has 0 N–H and O–H groups in total. The van der Waals surface area contributed by atoms with Gasteiger partial charge < -0.3 is 4.90 Å². The highest BCUT2D eigenvalue weighted by atomic mass is 127. The molecule has 0 radical (unpaired) electrons. The van der Waals surface area contributed by atoms with E-state index in [9.17, 15) is 4.79 Å². The summed E-state index contributed by atoms with van der Waals surface area (Å²) in [7, 11) is 2.26. The molecule has 20 heavy (non-hydrogen) atoms. The number of likely N-dealkylation sites (tertiary alicyclic amines) is 1. The Kier molecular flexibility index (Phi) is 3.70. The first-order valence-corrected chi connectivity index (χ1v) is 7.51. The second-order valence-corrected chi connectivity index (χ2v) is 6.68. The van der Waals surface area contributed by atoms with Crippen LogP contribution in [0.5, 0.6) is 0 Å². The average Bonchev–Trinajstić information content (AvgIpc) is 2.42. The van der Waals surface area contributed by atoms with Crippen molar-refractivity contribution in [1.82, 2.24) is 4.90 Å². The van der Waals surface area contributed by atoms with Crippen molar-refractivity contribution in [2.45, 2.75) is 43.6 Å². The van der Waals surface area contributed by atoms with Gasteiger partial charge in [-0.2, -0.15) is 0 Å². The van der Waals surface area contributed by atoms with Crippen molar-refractivity contribution < 1.29 is 4.79 Å². The summed E-state index contributed by atoms with van der Waals surface area (Å²) < 4.78 is 0. The number of rotatable bonds is 0. The van der Waals surface area contributed by atoms with Gasteiger partial charge in [0.15, 0.2) is 0 Å². The van der Waals surface area contributed by atoms with Crippen LogP contribution < -0.4 is 0 Å². The third-order valence-corrected chi connectivity index (χ3v) is 5.88. The lowest BCUT2D eigenvalue weighted by atomic mass is 9.52. The van der Waals surface area contributed by atoms with Gasteiger partial charge in [0.2, 0.25) is 0 Å². The molecule has 0 amide bonds. The van der Waals surface area contributed by atoms with Crippen LogP contribution in [0, 0.1) is 5.92 Å². The Labute approximate surface area is 137 Å². The van der Waals surface area contributed by atoms with Gasteiger partial charge in [-0.25, -0.2) is 0 Å². The largest absolute Gasteiger partial charge is 0.303 e. The predicted octanol–water partition coefficient (Wildman–Crippen LogP) is 3.17. The number of halogens is 1. The van der Waals surface area contributed by atoms with E-state index in [-0.39, 0.29) is 29.4 Å². The van der Waals surface area contributed by atoms with Gasteiger partial charge in [0.25, 0.3) is 0 Å². The molecule has 1 heterocycles. The molecule has 0 unspecified atom stereocenters. The number of hydrogen-bond acceptors (Lipinski definition) is 2. The minimum absolute atomic E-state index is 0. The molecule has 1 saturated carbocycles. The summed E-state index contributed by atoms with van der Waals surface area (Å²) in [6.45, 7) is 1.14. The fourth-order valence-corrected chi connectivity index (χ4v) is 4.98. The maximum atomic E-state index is 12.1. The van der Waals surface area contributed by atoms with E-state index in [1.807, 2.05) is 0 Å². The van der Waals surface area contributed by atoms with Crippen molar-refractivity contribution >= 4 is 29.8 Å². The van der Waals surface area contributed by atoms with Crippen molar-refractivity contribution in [3.63, 3.8) is 0 Å². The highest BCUT2D eigenvalue weighted by molar-refractivity contribution is 14.0. The molecule has 1 saturated heterocycles. The lowest BCUT2D eigenvalue weighted by molar-refractivity contribution is -0.126. The van der Waals surface area contributed by atoms with Crippen LogP contribution in [0.15, 0.2) is 24.3 Å². The quantitative estimate of drug-likeness (QED) is 0.642. The van der Waals surface area contributed by atoms with E-state index >= 15 is 0 Å². The average molecular weight is 383 g/mol. The summed E-state index contributed by atoms with van der Waals surface area (Å²) in [5.41, 5.74) is 3.16. The number of Topliss-reactive ketones (excluding diaryl/α,β-unsaturated/α-hetero) is 1. The number of piperidine rings is 1. The van der Waals surface area contributed by atoms with E-state index in [0.717, 1.165) is 32.2 Å². The second kappa shape index (κ2) is 5.09. The molecular formula is C17H22INO. The van der Waals surface area contributed by atoms with Crippen LogP contribution in [0.2, 0.25) is 0 Å². The Balaban J connectivity index is 0.00000121. The molecular weight excluding hydrogens is 361 g/mol. The minimum atomic E-state index is 0. The van der Waals surface area contributed by atoms with Gasteiger partial charge in [-0.1, -0.05) is 24.3 Å². The summed E-state index contributed by atoms with van der Waals surface area (Å²) in [5, 5.41) is 0. The van der Waals surface area contributed by atoms with E-state index in [1.54, 1.807) is 0 Å². The van der Waals surface area contributed by atoms with Gasteiger partial charge in [0.1, 0.15) is 5.78 Å². The Hall–Kier alpha value is -0.420. The van der Waals surface area contributed by atoms with Crippen LogP contribution in [0.4, 0.5) is 0 Å². The highest BCUT2D eigenvalue weighted by Gasteiger charge is 2.54. The molecule has 108 valence electrons. The van der Waals surface area contributed by atoms with E-state index in [0.29, 0.717) is 17.7 Å². The maximum Gasteiger partial charge on any atom is 0.133 e. The summed E-state index contributed by atoms with van der Waals surface area (Å²) in [6.07, 6.45) is 5.03. The maximum absolute atomic E-state index is 12.1. The molecule has 3 atom stereocenters. The zero-order chi connectivity index (χ0) is 13.0. The number of nitrogens with zero attached hydrogens (tertiary/aromatic N) is 1. The Morgan fingerprint density at radius 2 is 2.10 bits per heavy atom. The van der Waals surface area contributed by atoms with Crippen LogP contribution in [0.1, 0.15) is 36.8 Å². The number of benzene rings is 1. The van der Waals surface area contributed by atoms with Crippen LogP contribution >= 0.6 is 24.0 Å². The van der Waals surface area contributed by atoms with E-state index in [1.165, 1.54) is 17.5 Å². The van der Waals surface area contributed by atoms with E-state index in [2.05, 4.69) is 36.2 Å². The molecule has 1 aliphatic heterocycles. The lowest BCUT2D eigenvalue weighted by Crippen LogP contribution is -2.60. The van der Waals surface area contributed by atoms with Crippen LogP contribution in [0.3, 0.4) is 0 Å². The van der Waals surface area contributed by atoms with Crippen molar-refractivity contribution in [1.29, 1.82) is 0 Å². The molecule has 2 fully saturated rings.